The largest absolute Gasteiger partial charge is 0.387 e. The quantitative estimate of drug-likeness (QED) is 0.889. The van der Waals surface area contributed by atoms with Crippen LogP contribution in [0, 0.1) is 5.41 Å². The van der Waals surface area contributed by atoms with Crippen LogP contribution in [0.25, 0.3) is 0 Å². The number of aliphatic hydroxyl groups is 1. The van der Waals surface area contributed by atoms with Gasteiger partial charge in [-0.25, -0.2) is 0 Å². The van der Waals surface area contributed by atoms with Gasteiger partial charge in [-0.1, -0.05) is 13.8 Å². The van der Waals surface area contributed by atoms with Crippen molar-refractivity contribution in [2.75, 3.05) is 18.0 Å². The molecule has 1 fully saturated rings. The molecule has 18 heavy (non-hydrogen) atoms. The molecule has 3 heteroatoms. The van der Waals surface area contributed by atoms with Crippen LogP contribution >= 0.6 is 0 Å². The third kappa shape index (κ3) is 2.51. The topological polar surface area (TPSA) is 36.4 Å². The Morgan fingerprint density at radius 1 is 1.39 bits per heavy atom. The molecule has 0 aliphatic carbocycles. The van der Waals surface area contributed by atoms with Gasteiger partial charge in [0.25, 0.3) is 0 Å². The maximum atomic E-state index is 9.46. The Bertz CT molecular complexity index is 382. The van der Waals surface area contributed by atoms with Gasteiger partial charge < -0.3 is 10.0 Å². The lowest BCUT2D eigenvalue weighted by Gasteiger charge is -2.27. The second-order valence-corrected chi connectivity index (χ2v) is 5.50. The summed E-state index contributed by atoms with van der Waals surface area (Å²) in [5, 5.41) is 9.46. The minimum atomic E-state index is -0.483. The highest BCUT2D eigenvalue weighted by molar-refractivity contribution is 5.46. The zero-order valence-electron chi connectivity index (χ0n) is 11.7. The van der Waals surface area contributed by atoms with Gasteiger partial charge in [0.1, 0.15) is 0 Å². The Morgan fingerprint density at radius 2 is 2.11 bits per heavy atom. The Morgan fingerprint density at radius 3 is 2.56 bits per heavy atom. The number of nitrogens with zero attached hydrogens (tertiary/aromatic N) is 2. The van der Waals surface area contributed by atoms with Crippen molar-refractivity contribution in [2.24, 2.45) is 5.41 Å². The molecule has 2 heterocycles. The predicted molar refractivity (Wildman–Crippen MR) is 74.7 cm³/mol. The van der Waals surface area contributed by atoms with Gasteiger partial charge in [-0.05, 0) is 43.7 Å². The maximum Gasteiger partial charge on any atom is 0.0931 e. The SMILES string of the molecule is CCC1(CC)CCN(c2ccc(C(C)O)nc2)C1. The fraction of sp³-hybridized carbons (Fsp3) is 0.667. The second-order valence-electron chi connectivity index (χ2n) is 5.50. The molecule has 1 aliphatic rings. The summed E-state index contributed by atoms with van der Waals surface area (Å²) in [6.45, 7) is 8.59. The normalized spacial score (nSPS) is 20.1. The summed E-state index contributed by atoms with van der Waals surface area (Å²) in [6.07, 6.45) is 5.18. The highest BCUT2D eigenvalue weighted by atomic mass is 16.3. The van der Waals surface area contributed by atoms with Crippen LogP contribution in [0.15, 0.2) is 18.3 Å². The molecular weight excluding hydrogens is 224 g/mol. The summed E-state index contributed by atoms with van der Waals surface area (Å²) < 4.78 is 0. The first-order valence-corrected chi connectivity index (χ1v) is 6.99. The number of pyridine rings is 1. The van der Waals surface area contributed by atoms with Crippen molar-refractivity contribution in [3.63, 3.8) is 0 Å². The molecular formula is C15H24N2O. The van der Waals surface area contributed by atoms with Crippen molar-refractivity contribution in [1.29, 1.82) is 0 Å². The summed E-state index contributed by atoms with van der Waals surface area (Å²) in [5.74, 6) is 0. The zero-order valence-corrected chi connectivity index (χ0v) is 11.7. The van der Waals surface area contributed by atoms with E-state index in [9.17, 15) is 5.11 Å². The summed E-state index contributed by atoms with van der Waals surface area (Å²) in [5.41, 5.74) is 2.42. The standard InChI is InChI=1S/C15H24N2O/c1-4-15(5-2)8-9-17(11-15)13-6-7-14(12(3)18)16-10-13/h6-7,10,12,18H,4-5,8-9,11H2,1-3H3. The van der Waals surface area contributed by atoms with Crippen LogP contribution < -0.4 is 4.90 Å². The zero-order chi connectivity index (χ0) is 13.2. The van der Waals surface area contributed by atoms with E-state index in [0.717, 1.165) is 18.8 Å². The molecule has 0 aromatic carbocycles. The minimum absolute atomic E-state index is 0.483. The van der Waals surface area contributed by atoms with Gasteiger partial charge >= 0.3 is 0 Å². The molecule has 2 rings (SSSR count). The molecule has 3 nitrogen and oxygen atoms in total. The summed E-state index contributed by atoms with van der Waals surface area (Å²) in [6, 6.07) is 4.01. The van der Waals surface area contributed by atoms with Crippen LogP contribution in [0.2, 0.25) is 0 Å². The number of anilines is 1. The van der Waals surface area contributed by atoms with E-state index >= 15 is 0 Å². The van der Waals surface area contributed by atoms with Gasteiger partial charge in [-0.2, -0.15) is 0 Å². The van der Waals surface area contributed by atoms with Gasteiger partial charge in [-0.15, -0.1) is 0 Å². The average molecular weight is 248 g/mol. The monoisotopic (exact) mass is 248 g/mol. The third-order valence-corrected chi connectivity index (χ3v) is 4.50. The van der Waals surface area contributed by atoms with Crippen LogP contribution in [0.4, 0.5) is 5.69 Å². The maximum absolute atomic E-state index is 9.46. The molecule has 1 aromatic rings. The molecule has 1 saturated heterocycles. The van der Waals surface area contributed by atoms with Crippen molar-refractivity contribution in [1.82, 2.24) is 4.98 Å². The number of aliphatic hydroxyl groups excluding tert-OH is 1. The molecule has 0 saturated carbocycles. The predicted octanol–water partition coefficient (Wildman–Crippen LogP) is 3.15. The van der Waals surface area contributed by atoms with E-state index in [4.69, 9.17) is 0 Å². The molecule has 100 valence electrons. The highest BCUT2D eigenvalue weighted by Crippen LogP contribution is 2.38. The first-order chi connectivity index (χ1) is 8.60. The Kier molecular flexibility index (Phi) is 3.91. The van der Waals surface area contributed by atoms with Gasteiger partial charge in [0.2, 0.25) is 0 Å². The first-order valence-electron chi connectivity index (χ1n) is 6.99. The number of rotatable bonds is 4. The lowest BCUT2D eigenvalue weighted by atomic mass is 9.82. The smallest absolute Gasteiger partial charge is 0.0931 e. The summed E-state index contributed by atoms with van der Waals surface area (Å²) in [4.78, 5) is 6.75. The lowest BCUT2D eigenvalue weighted by Crippen LogP contribution is -2.26. The second kappa shape index (κ2) is 5.27. The van der Waals surface area contributed by atoms with E-state index in [1.807, 2.05) is 12.3 Å². The van der Waals surface area contributed by atoms with E-state index in [1.54, 1.807) is 6.92 Å². The van der Waals surface area contributed by atoms with Crippen LogP contribution in [-0.4, -0.2) is 23.2 Å². The number of hydrogen-bond donors (Lipinski definition) is 1. The lowest BCUT2D eigenvalue weighted by molar-refractivity contribution is 0.194. The van der Waals surface area contributed by atoms with Gasteiger partial charge in [0.05, 0.1) is 23.7 Å². The van der Waals surface area contributed by atoms with E-state index in [-0.39, 0.29) is 0 Å². The van der Waals surface area contributed by atoms with Crippen molar-refractivity contribution < 1.29 is 5.11 Å². The minimum Gasteiger partial charge on any atom is -0.387 e. The molecule has 0 radical (unpaired) electrons. The summed E-state index contributed by atoms with van der Waals surface area (Å²) in [7, 11) is 0. The fourth-order valence-electron chi connectivity index (χ4n) is 2.81. The average Bonchev–Trinajstić information content (AvgIpc) is 2.84. The fourth-order valence-corrected chi connectivity index (χ4v) is 2.81. The van der Waals surface area contributed by atoms with Crippen LogP contribution in [-0.2, 0) is 0 Å². The van der Waals surface area contributed by atoms with Crippen molar-refractivity contribution in [3.8, 4) is 0 Å². The van der Waals surface area contributed by atoms with Crippen LogP contribution in [0.1, 0.15) is 51.8 Å². The molecule has 0 amide bonds. The van der Waals surface area contributed by atoms with E-state index in [0.29, 0.717) is 5.41 Å². The molecule has 1 N–H and O–H groups in total. The molecule has 0 spiro atoms. The Balaban J connectivity index is 2.09. The number of aromatic nitrogens is 1. The first kappa shape index (κ1) is 13.3. The molecule has 1 atom stereocenters. The Labute approximate surface area is 110 Å². The molecule has 1 aromatic heterocycles. The van der Waals surface area contributed by atoms with Gasteiger partial charge in [0, 0.05) is 13.1 Å². The van der Waals surface area contributed by atoms with Crippen molar-refractivity contribution >= 4 is 5.69 Å². The highest BCUT2D eigenvalue weighted by Gasteiger charge is 2.34. The van der Waals surface area contributed by atoms with Crippen LogP contribution in [0.5, 0.6) is 0 Å². The Hall–Kier alpha value is -1.09. The summed E-state index contributed by atoms with van der Waals surface area (Å²) >= 11 is 0. The van der Waals surface area contributed by atoms with Crippen molar-refractivity contribution in [3.05, 3.63) is 24.0 Å². The van der Waals surface area contributed by atoms with Gasteiger partial charge in [-0.3, -0.25) is 4.98 Å². The van der Waals surface area contributed by atoms with E-state index < -0.39 is 6.10 Å². The van der Waals surface area contributed by atoms with E-state index in [2.05, 4.69) is 29.8 Å². The van der Waals surface area contributed by atoms with Crippen LogP contribution in [0.3, 0.4) is 0 Å². The molecule has 0 bridgehead atoms. The van der Waals surface area contributed by atoms with Crippen molar-refractivity contribution in [2.45, 2.75) is 46.1 Å². The number of hydrogen-bond acceptors (Lipinski definition) is 3. The van der Waals surface area contributed by atoms with E-state index in [1.165, 1.54) is 24.9 Å². The third-order valence-electron chi connectivity index (χ3n) is 4.50. The molecule has 1 unspecified atom stereocenters. The molecule has 1 aliphatic heterocycles. The van der Waals surface area contributed by atoms with Gasteiger partial charge in [0.15, 0.2) is 0 Å².